The van der Waals surface area contributed by atoms with Crippen LogP contribution in [0.15, 0.2) is 237 Å². The molecule has 24 heteroatoms. The zero-order chi connectivity index (χ0) is 85.3. The fourth-order valence-electron chi connectivity index (χ4n) is 18.5. The van der Waals surface area contributed by atoms with Crippen LogP contribution in [0.5, 0.6) is 0 Å². The van der Waals surface area contributed by atoms with E-state index in [1.807, 2.05) is 36.0 Å². The Morgan fingerprint density at radius 2 is 0.492 bits per heavy atom. The first-order valence-electron chi connectivity index (χ1n) is 45.4. The maximum Gasteiger partial charge on any atom is 0.125 e. The Morgan fingerprint density at radius 1 is 0.250 bits per heavy atom. The van der Waals surface area contributed by atoms with Gasteiger partial charge in [-0.25, -0.2) is 4.39 Å². The average molecular weight is 1840 g/mol. The van der Waals surface area contributed by atoms with Gasteiger partial charge in [0, 0.05) is 220 Å². The molecule has 4 N–H and O–H groups in total. The first-order chi connectivity index (χ1) is 60.8. The monoisotopic (exact) mass is 1840 g/mol. The number of hydrogen-bond acceptors (Lipinski definition) is 20. The lowest BCUT2D eigenvalue weighted by molar-refractivity contribution is 0.140. The predicted octanol–water partition coefficient (Wildman–Crippen LogP) is 20.3. The van der Waals surface area contributed by atoms with E-state index < -0.39 is 0 Å². The molecular formula is C100H125Br2ClFN19S. The summed E-state index contributed by atoms with van der Waals surface area (Å²) < 4.78 is 16.1. The van der Waals surface area contributed by atoms with Crippen molar-refractivity contribution < 1.29 is 4.39 Å². The molecule has 5 saturated heterocycles. The van der Waals surface area contributed by atoms with Gasteiger partial charge in [-0.3, -0.25) is 24.5 Å². The molecule has 0 amide bonds. The zero-order valence-corrected chi connectivity index (χ0v) is 77.9. The Balaban J connectivity index is 0.000000115. The standard InChI is InChI=1S/C20H25BrN4.C20H24BrN3S.C20H25ClN4.C20H25FN4.C20H26N4/c1-2-23-9-11-24(12-10-23)13-14-25-19-6-4-3-5-17(19)22-18-8-7-16(21)15-20(18)25;1-2-22-9-11-23(12-10-22)13-14-24-17-5-3-4-6-19(17)25-20-8-7-16(21)15-18(20)24;2*1-2-23-9-11-24(12-10-23)13-14-25-19-6-4-3-5-17(19)22-18-8-7-16(21)15-20(18)25;1-2-22-11-13-23(14-12-22)15-16-24-19-9-5-3-7-17(19)21-18-8-4-6-10-20(18)24/h3-8,15,22H,2,9-14H2,1H3;3-8,15H,2,9-14H2,1H3;2*3-8,15,22H,2,9-14H2,1H3;3-10,21H,2,11-16H2,1H3. The summed E-state index contributed by atoms with van der Waals surface area (Å²) >= 11 is 15.4. The van der Waals surface area contributed by atoms with Gasteiger partial charge in [0.15, 0.2) is 0 Å². The zero-order valence-electron chi connectivity index (χ0n) is 73.2. The molecule has 654 valence electrons. The number of halogens is 4. The van der Waals surface area contributed by atoms with Crippen molar-refractivity contribution in [3.63, 3.8) is 0 Å². The fourth-order valence-corrected chi connectivity index (χ4v) is 20.5. The molecule has 10 aromatic rings. The summed E-state index contributed by atoms with van der Waals surface area (Å²) in [5, 5.41) is 14.9. The van der Waals surface area contributed by atoms with E-state index in [2.05, 4.69) is 343 Å². The third-order valence-electron chi connectivity index (χ3n) is 26.2. The lowest BCUT2D eigenvalue weighted by atomic mass is 10.1. The molecule has 0 aliphatic carbocycles. The molecule has 124 heavy (non-hydrogen) atoms. The predicted molar refractivity (Wildman–Crippen MR) is 530 cm³/mol. The topological polar surface area (TPSA) is 96.7 Å². The highest BCUT2D eigenvalue weighted by atomic mass is 79.9. The van der Waals surface area contributed by atoms with Crippen LogP contribution < -0.4 is 45.8 Å². The molecule has 5 fully saturated rings. The second kappa shape index (κ2) is 43.4. The van der Waals surface area contributed by atoms with Crippen LogP contribution in [0.4, 0.5) is 107 Å². The van der Waals surface area contributed by atoms with Crippen molar-refractivity contribution in [2.45, 2.75) is 44.4 Å². The quantitative estimate of drug-likeness (QED) is 0.0582. The van der Waals surface area contributed by atoms with Crippen LogP contribution in [0.1, 0.15) is 34.6 Å². The molecule has 0 unspecified atom stereocenters. The van der Waals surface area contributed by atoms with Gasteiger partial charge in [-0.15, -0.1) is 0 Å². The van der Waals surface area contributed by atoms with Gasteiger partial charge in [0.1, 0.15) is 5.82 Å². The number of benzene rings is 10. The third-order valence-corrected chi connectivity index (χ3v) is 28.5. The van der Waals surface area contributed by atoms with E-state index in [9.17, 15) is 4.39 Å². The highest BCUT2D eigenvalue weighted by molar-refractivity contribution is 9.10. The van der Waals surface area contributed by atoms with Gasteiger partial charge >= 0.3 is 0 Å². The van der Waals surface area contributed by atoms with Gasteiger partial charge in [0.25, 0.3) is 0 Å². The number of nitrogens with one attached hydrogen (secondary N) is 4. The Labute approximate surface area is 762 Å². The summed E-state index contributed by atoms with van der Waals surface area (Å²) in [6.07, 6.45) is 0. The Kier molecular flexibility index (Phi) is 31.1. The van der Waals surface area contributed by atoms with Crippen LogP contribution in [0, 0.1) is 5.82 Å². The van der Waals surface area contributed by atoms with Gasteiger partial charge in [0.2, 0.25) is 0 Å². The Hall–Kier alpha value is -8.47. The fraction of sp³-hybridized carbons (Fsp3) is 0.400. The van der Waals surface area contributed by atoms with Gasteiger partial charge < -0.3 is 70.3 Å². The summed E-state index contributed by atoms with van der Waals surface area (Å²) in [5.41, 5.74) is 21.3. The minimum Gasteiger partial charge on any atom is -0.352 e. The third kappa shape index (κ3) is 22.2. The van der Waals surface area contributed by atoms with Gasteiger partial charge in [-0.05, 0) is 178 Å². The molecule has 0 aromatic heterocycles. The van der Waals surface area contributed by atoms with Crippen LogP contribution >= 0.6 is 55.2 Å². The van der Waals surface area contributed by atoms with E-state index in [0.717, 1.165) is 166 Å². The molecule has 10 aliphatic heterocycles. The number of nitrogens with zero attached hydrogens (tertiary/aromatic N) is 15. The van der Waals surface area contributed by atoms with Crippen molar-refractivity contribution in [3.05, 3.63) is 238 Å². The number of piperazine rings is 5. The molecule has 0 radical (unpaired) electrons. The maximum absolute atomic E-state index is 13.9. The van der Waals surface area contributed by atoms with Crippen LogP contribution in [0.2, 0.25) is 5.02 Å². The summed E-state index contributed by atoms with van der Waals surface area (Å²) in [4.78, 5) is 40.3. The van der Waals surface area contributed by atoms with Crippen molar-refractivity contribution in [2.24, 2.45) is 0 Å². The molecule has 0 bridgehead atoms. The van der Waals surface area contributed by atoms with Crippen LogP contribution in [0.3, 0.4) is 0 Å². The molecule has 19 nitrogen and oxygen atoms in total. The summed E-state index contributed by atoms with van der Waals surface area (Å²) in [6.45, 7) is 50.7. The van der Waals surface area contributed by atoms with Gasteiger partial charge in [0.05, 0.1) is 102 Å². The smallest absolute Gasteiger partial charge is 0.125 e. The van der Waals surface area contributed by atoms with Gasteiger partial charge in [-0.1, -0.05) is 163 Å². The Bertz CT molecular complexity index is 4570. The number of likely N-dealkylation sites (N-methyl/N-ethyl adjacent to an activating group) is 5. The second-order valence-electron chi connectivity index (χ2n) is 33.4. The van der Waals surface area contributed by atoms with E-state index in [1.165, 1.54) is 195 Å². The van der Waals surface area contributed by atoms with Crippen molar-refractivity contribution >= 4 is 158 Å². The van der Waals surface area contributed by atoms with Crippen molar-refractivity contribution in [2.75, 3.05) is 275 Å². The molecule has 10 heterocycles. The SMILES string of the molecule is CCN1CCN(CCN2c3ccccc3Nc3ccc(Br)cc32)CC1.CCN1CCN(CCN2c3ccccc3Nc3ccc(Cl)cc32)CC1.CCN1CCN(CCN2c3ccccc3Nc3ccc(F)cc32)CC1.CCN1CCN(CCN2c3ccccc3Nc3ccccc32)CC1.CCN1CCN(CCN2c3ccccc3Sc3ccc(Br)cc32)CC1. The van der Waals surface area contributed by atoms with E-state index in [4.69, 9.17) is 11.6 Å². The van der Waals surface area contributed by atoms with Gasteiger partial charge in [-0.2, -0.15) is 0 Å². The lowest BCUT2D eigenvalue weighted by Crippen LogP contribution is -2.48. The van der Waals surface area contributed by atoms with Crippen molar-refractivity contribution in [1.82, 2.24) is 49.0 Å². The van der Waals surface area contributed by atoms with E-state index >= 15 is 0 Å². The summed E-state index contributed by atoms with van der Waals surface area (Å²) in [6, 6.07) is 75.5. The van der Waals surface area contributed by atoms with E-state index in [-0.39, 0.29) is 5.82 Å². The van der Waals surface area contributed by atoms with E-state index in [0.29, 0.717) is 0 Å². The van der Waals surface area contributed by atoms with E-state index in [1.54, 1.807) is 6.07 Å². The molecule has 0 atom stereocenters. The second-order valence-corrected chi connectivity index (χ2v) is 36.7. The van der Waals surface area contributed by atoms with Crippen LogP contribution in [0.25, 0.3) is 0 Å². The lowest BCUT2D eigenvalue weighted by Gasteiger charge is -2.38. The minimum absolute atomic E-state index is 0.193. The molecule has 10 aromatic carbocycles. The van der Waals surface area contributed by atoms with Crippen LogP contribution in [-0.4, -0.2) is 278 Å². The number of para-hydroxylation sites is 11. The number of hydrogen-bond donors (Lipinski definition) is 4. The maximum atomic E-state index is 13.9. The molecule has 10 aliphatic rings. The first kappa shape index (κ1) is 88.9. The average Bonchev–Trinajstić information content (AvgIpc) is 0.786. The highest BCUT2D eigenvalue weighted by Gasteiger charge is 2.32. The number of anilines is 18. The highest BCUT2D eigenvalue weighted by Crippen LogP contribution is 2.51. The Morgan fingerprint density at radius 3 is 0.839 bits per heavy atom. The largest absolute Gasteiger partial charge is 0.352 e. The normalized spacial score (nSPS) is 17.9. The number of rotatable bonds is 20. The summed E-state index contributed by atoms with van der Waals surface area (Å²) in [7, 11) is 0. The minimum atomic E-state index is -0.193. The van der Waals surface area contributed by atoms with Crippen LogP contribution in [-0.2, 0) is 0 Å². The number of fused-ring (bicyclic) bond motifs is 10. The first-order valence-corrected chi connectivity index (χ1v) is 48.2. The van der Waals surface area contributed by atoms with Crippen molar-refractivity contribution in [1.29, 1.82) is 0 Å². The molecule has 20 rings (SSSR count). The molecule has 0 saturated carbocycles. The molecule has 0 spiro atoms. The molecular weight excluding hydrogens is 1710 g/mol. The van der Waals surface area contributed by atoms with Crippen molar-refractivity contribution in [3.8, 4) is 0 Å². The summed E-state index contributed by atoms with van der Waals surface area (Å²) in [5.74, 6) is -0.193.